The van der Waals surface area contributed by atoms with Crippen LogP contribution in [-0.2, 0) is 14.9 Å². The van der Waals surface area contributed by atoms with Crippen LogP contribution in [-0.4, -0.2) is 59.1 Å². The summed E-state index contributed by atoms with van der Waals surface area (Å²) in [5.41, 5.74) is 1.83. The molecule has 6 nitrogen and oxygen atoms in total. The quantitative estimate of drug-likeness (QED) is 0.780. The zero-order valence-corrected chi connectivity index (χ0v) is 18.2. The molecular formula is C25H33N3O3. The maximum Gasteiger partial charge on any atom is 0.410 e. The molecule has 0 aromatic heterocycles. The fourth-order valence-corrected chi connectivity index (χ4v) is 7.10. The van der Waals surface area contributed by atoms with Gasteiger partial charge in [0.1, 0.15) is 6.10 Å². The number of para-hydroxylation sites is 1. The van der Waals surface area contributed by atoms with Crippen molar-refractivity contribution in [3.63, 3.8) is 0 Å². The highest BCUT2D eigenvalue weighted by Gasteiger charge is 2.51. The first-order valence-electron chi connectivity index (χ1n) is 12.3. The van der Waals surface area contributed by atoms with E-state index in [0.717, 1.165) is 70.1 Å². The highest BCUT2D eigenvalue weighted by Crippen LogP contribution is 2.46. The Bertz CT molecular complexity index is 859. The number of hydrogen-bond donors (Lipinski definition) is 1. The fraction of sp³-hybridized carbons (Fsp3) is 0.680. The second-order valence-corrected chi connectivity index (χ2v) is 10.3. The fourth-order valence-electron chi connectivity index (χ4n) is 7.10. The van der Waals surface area contributed by atoms with Crippen LogP contribution in [0.5, 0.6) is 0 Å². The van der Waals surface area contributed by atoms with E-state index in [4.69, 9.17) is 4.74 Å². The van der Waals surface area contributed by atoms with Crippen molar-refractivity contribution < 1.29 is 14.3 Å². The molecule has 31 heavy (non-hydrogen) atoms. The predicted molar refractivity (Wildman–Crippen MR) is 118 cm³/mol. The Kier molecular flexibility index (Phi) is 4.74. The van der Waals surface area contributed by atoms with Crippen LogP contribution < -0.4 is 5.32 Å². The number of likely N-dealkylation sites (tertiary alicyclic amines) is 1. The van der Waals surface area contributed by atoms with Gasteiger partial charge < -0.3 is 19.9 Å². The van der Waals surface area contributed by atoms with E-state index < -0.39 is 0 Å². The third-order valence-electron chi connectivity index (χ3n) is 8.78. The van der Waals surface area contributed by atoms with Gasteiger partial charge in [-0.3, -0.25) is 4.79 Å². The Morgan fingerprint density at radius 3 is 2.35 bits per heavy atom. The third-order valence-corrected chi connectivity index (χ3v) is 8.78. The molecule has 1 aromatic rings. The molecule has 5 aliphatic rings. The second kappa shape index (κ2) is 7.51. The van der Waals surface area contributed by atoms with Crippen LogP contribution in [0.15, 0.2) is 24.3 Å². The summed E-state index contributed by atoms with van der Waals surface area (Å²) >= 11 is 0. The summed E-state index contributed by atoms with van der Waals surface area (Å²) < 4.78 is 5.85. The molecule has 2 unspecified atom stereocenters. The van der Waals surface area contributed by atoms with Gasteiger partial charge in [0.15, 0.2) is 0 Å². The lowest BCUT2D eigenvalue weighted by Crippen LogP contribution is -2.56. The number of amides is 2. The van der Waals surface area contributed by atoms with Crippen molar-refractivity contribution in [1.29, 1.82) is 0 Å². The van der Waals surface area contributed by atoms with E-state index in [1.165, 1.54) is 18.4 Å². The van der Waals surface area contributed by atoms with Crippen LogP contribution >= 0.6 is 0 Å². The van der Waals surface area contributed by atoms with Crippen molar-refractivity contribution >= 4 is 17.7 Å². The maximum absolute atomic E-state index is 12.9. The Hall–Kier alpha value is -2.08. The third kappa shape index (κ3) is 3.17. The minimum Gasteiger partial charge on any atom is -0.446 e. The average molecular weight is 424 g/mol. The molecule has 4 aliphatic heterocycles. The van der Waals surface area contributed by atoms with Gasteiger partial charge in [-0.1, -0.05) is 18.2 Å². The van der Waals surface area contributed by atoms with E-state index in [1.54, 1.807) is 0 Å². The van der Waals surface area contributed by atoms with E-state index in [-0.39, 0.29) is 23.5 Å². The molecule has 1 spiro atoms. The first-order chi connectivity index (χ1) is 15.1. The standard InChI is InChI=1S/C25H33N3O3/c29-23-25(21-7-3-4-8-22(21)26-23)11-13-27(14-12-25)19-15-17-9-10-18(16-19)28(17)24(30)31-20-5-1-2-6-20/h3-4,7-8,17-20H,1-2,5-6,9-16H2,(H,26,29). The highest BCUT2D eigenvalue weighted by atomic mass is 16.6. The lowest BCUT2D eigenvalue weighted by molar-refractivity contribution is -0.123. The van der Waals surface area contributed by atoms with Gasteiger partial charge in [-0.15, -0.1) is 0 Å². The average Bonchev–Trinajstić information content (AvgIpc) is 3.46. The van der Waals surface area contributed by atoms with Crippen LogP contribution in [0.25, 0.3) is 0 Å². The number of piperidine rings is 2. The first kappa shape index (κ1) is 19.6. The molecule has 2 amide bonds. The zero-order chi connectivity index (χ0) is 21.0. The molecule has 4 fully saturated rings. The Morgan fingerprint density at radius 1 is 0.968 bits per heavy atom. The molecular weight excluding hydrogens is 390 g/mol. The van der Waals surface area contributed by atoms with Crippen molar-refractivity contribution in [3.8, 4) is 0 Å². The zero-order valence-electron chi connectivity index (χ0n) is 18.2. The second-order valence-electron chi connectivity index (χ2n) is 10.3. The Morgan fingerprint density at radius 2 is 1.65 bits per heavy atom. The van der Waals surface area contributed by atoms with Crippen LogP contribution in [0.1, 0.15) is 69.8 Å². The van der Waals surface area contributed by atoms with Gasteiger partial charge in [-0.05, 0) is 88.9 Å². The molecule has 1 aliphatic carbocycles. The largest absolute Gasteiger partial charge is 0.446 e. The van der Waals surface area contributed by atoms with Crippen LogP contribution in [0.3, 0.4) is 0 Å². The molecule has 2 bridgehead atoms. The van der Waals surface area contributed by atoms with Crippen molar-refractivity contribution in [1.82, 2.24) is 9.80 Å². The molecule has 1 N–H and O–H groups in total. The molecule has 1 saturated carbocycles. The van der Waals surface area contributed by atoms with Crippen LogP contribution in [0, 0.1) is 0 Å². The topological polar surface area (TPSA) is 61.9 Å². The van der Waals surface area contributed by atoms with Gasteiger partial charge in [0.25, 0.3) is 0 Å². The van der Waals surface area contributed by atoms with Gasteiger partial charge in [-0.2, -0.15) is 0 Å². The minimum absolute atomic E-state index is 0.0605. The number of carbonyl (C=O) groups is 2. The SMILES string of the molecule is O=C(OC1CCCC1)N1C2CCC1CC(N1CCC3(CC1)C(=O)Nc1ccccc13)C2. The molecule has 166 valence electrons. The number of fused-ring (bicyclic) bond motifs is 4. The van der Waals surface area contributed by atoms with Crippen LogP contribution in [0.2, 0.25) is 0 Å². The molecule has 0 radical (unpaired) electrons. The van der Waals surface area contributed by atoms with Gasteiger partial charge in [0.2, 0.25) is 5.91 Å². The van der Waals surface area contributed by atoms with Gasteiger partial charge in [-0.25, -0.2) is 4.79 Å². The van der Waals surface area contributed by atoms with Crippen LogP contribution in [0.4, 0.5) is 10.5 Å². The molecule has 6 heteroatoms. The summed E-state index contributed by atoms with van der Waals surface area (Å²) in [6.45, 7) is 1.91. The minimum atomic E-state index is -0.349. The molecule has 4 heterocycles. The number of ether oxygens (including phenoxy) is 1. The maximum atomic E-state index is 12.9. The van der Waals surface area contributed by atoms with E-state index in [9.17, 15) is 9.59 Å². The number of rotatable bonds is 2. The summed E-state index contributed by atoms with van der Waals surface area (Å²) in [5.74, 6) is 0.179. The lowest BCUT2D eigenvalue weighted by Gasteiger charge is -2.46. The number of nitrogens with one attached hydrogen (secondary N) is 1. The summed E-state index contributed by atoms with van der Waals surface area (Å²) in [6.07, 6.45) is 10.6. The first-order valence-corrected chi connectivity index (χ1v) is 12.3. The van der Waals surface area contributed by atoms with E-state index in [1.807, 2.05) is 18.2 Å². The summed E-state index contributed by atoms with van der Waals surface area (Å²) in [6, 6.07) is 9.35. The molecule has 3 saturated heterocycles. The van der Waals surface area contributed by atoms with E-state index in [2.05, 4.69) is 21.2 Å². The summed E-state index contributed by atoms with van der Waals surface area (Å²) in [4.78, 5) is 30.4. The molecule has 6 rings (SSSR count). The lowest BCUT2D eigenvalue weighted by atomic mass is 9.73. The number of benzene rings is 1. The van der Waals surface area contributed by atoms with E-state index >= 15 is 0 Å². The Labute approximate surface area is 184 Å². The smallest absolute Gasteiger partial charge is 0.410 e. The van der Waals surface area contributed by atoms with Crippen molar-refractivity contribution in [2.24, 2.45) is 0 Å². The Balaban J connectivity index is 1.10. The normalized spacial score (nSPS) is 32.3. The van der Waals surface area contributed by atoms with E-state index in [0.29, 0.717) is 18.1 Å². The number of anilines is 1. The molecule has 1 aromatic carbocycles. The van der Waals surface area contributed by atoms with Gasteiger partial charge >= 0.3 is 6.09 Å². The number of hydrogen-bond acceptors (Lipinski definition) is 4. The summed E-state index contributed by atoms with van der Waals surface area (Å²) in [7, 11) is 0. The summed E-state index contributed by atoms with van der Waals surface area (Å²) in [5, 5.41) is 3.11. The monoisotopic (exact) mass is 423 g/mol. The van der Waals surface area contributed by atoms with Gasteiger partial charge in [0.05, 0.1) is 5.41 Å². The van der Waals surface area contributed by atoms with Gasteiger partial charge in [0, 0.05) is 23.8 Å². The number of nitrogens with zero attached hydrogens (tertiary/aromatic N) is 2. The molecule has 2 atom stereocenters. The predicted octanol–water partition coefficient (Wildman–Crippen LogP) is 4.05. The van der Waals surface area contributed by atoms with Crippen molar-refractivity contribution in [2.45, 2.75) is 93.9 Å². The highest BCUT2D eigenvalue weighted by molar-refractivity contribution is 6.06. The van der Waals surface area contributed by atoms with Crippen molar-refractivity contribution in [2.75, 3.05) is 18.4 Å². The number of carbonyl (C=O) groups excluding carboxylic acids is 2. The van der Waals surface area contributed by atoms with Crippen molar-refractivity contribution in [3.05, 3.63) is 29.8 Å².